The molecule has 114 valence electrons. The van der Waals surface area contributed by atoms with Crippen LogP contribution < -0.4 is 10.1 Å². The zero-order valence-electron chi connectivity index (χ0n) is 12.6. The van der Waals surface area contributed by atoms with E-state index >= 15 is 0 Å². The zero-order valence-corrected chi connectivity index (χ0v) is 14.2. The molecule has 1 N–H and O–H groups in total. The molecule has 0 aliphatic carbocycles. The third-order valence-corrected chi connectivity index (χ3v) is 4.36. The lowest BCUT2D eigenvalue weighted by molar-refractivity contribution is 0.198. The first-order chi connectivity index (χ1) is 10.2. The quantitative estimate of drug-likeness (QED) is 0.798. The van der Waals surface area contributed by atoms with E-state index in [1.54, 1.807) is 0 Å². The van der Waals surface area contributed by atoms with E-state index in [4.69, 9.17) is 11.2 Å². The summed E-state index contributed by atoms with van der Waals surface area (Å²) in [5.41, 5.74) is 1.15. The van der Waals surface area contributed by atoms with E-state index in [0.29, 0.717) is 12.6 Å². The van der Waals surface area contributed by atoms with Crippen LogP contribution in [0.1, 0.15) is 25.3 Å². The van der Waals surface area contributed by atoms with Crippen LogP contribution in [0.2, 0.25) is 0 Å². The van der Waals surface area contributed by atoms with Crippen molar-refractivity contribution in [1.29, 1.82) is 0 Å². The van der Waals surface area contributed by atoms with E-state index in [2.05, 4.69) is 45.1 Å². The molecular formula is C17H23BrN2O. The highest BCUT2D eigenvalue weighted by molar-refractivity contribution is 9.10. The maximum Gasteiger partial charge on any atom is 0.148 e. The van der Waals surface area contributed by atoms with Gasteiger partial charge in [0, 0.05) is 29.2 Å². The summed E-state index contributed by atoms with van der Waals surface area (Å²) in [4.78, 5) is 2.50. The molecule has 2 rings (SSSR count). The lowest BCUT2D eigenvalue weighted by Gasteiger charge is -2.32. The minimum absolute atomic E-state index is 0.307. The smallest absolute Gasteiger partial charge is 0.148 e. The topological polar surface area (TPSA) is 24.5 Å². The molecule has 3 nitrogen and oxygen atoms in total. The van der Waals surface area contributed by atoms with Gasteiger partial charge in [0.2, 0.25) is 0 Å². The Morgan fingerprint density at radius 3 is 3.14 bits per heavy atom. The number of nitrogens with zero attached hydrogens (tertiary/aromatic N) is 1. The van der Waals surface area contributed by atoms with Crippen LogP contribution in [-0.4, -0.2) is 37.2 Å². The van der Waals surface area contributed by atoms with Crippen molar-refractivity contribution in [3.8, 4) is 18.1 Å². The van der Waals surface area contributed by atoms with Crippen LogP contribution in [0.25, 0.3) is 0 Å². The molecule has 0 amide bonds. The third kappa shape index (κ3) is 5.03. The summed E-state index contributed by atoms with van der Waals surface area (Å²) in [6, 6.07) is 6.60. The summed E-state index contributed by atoms with van der Waals surface area (Å²) < 4.78 is 6.68. The highest BCUT2D eigenvalue weighted by Crippen LogP contribution is 2.23. The number of hydrogen-bond acceptors (Lipinski definition) is 3. The average molecular weight is 351 g/mol. The molecule has 1 aliphatic heterocycles. The highest BCUT2D eigenvalue weighted by atomic mass is 79.9. The largest absolute Gasteiger partial charge is 0.481 e. The summed E-state index contributed by atoms with van der Waals surface area (Å²) in [7, 11) is 0. The Kier molecular flexibility index (Phi) is 6.56. The van der Waals surface area contributed by atoms with Crippen LogP contribution in [0.4, 0.5) is 0 Å². The monoisotopic (exact) mass is 350 g/mol. The second-order valence-corrected chi connectivity index (χ2v) is 6.27. The number of likely N-dealkylation sites (N-methyl/N-ethyl adjacent to an activating group) is 1. The minimum atomic E-state index is 0.307. The van der Waals surface area contributed by atoms with Crippen molar-refractivity contribution in [2.45, 2.75) is 32.4 Å². The number of terminal acetylenes is 1. The summed E-state index contributed by atoms with van der Waals surface area (Å²) >= 11 is 3.52. The molecule has 21 heavy (non-hydrogen) atoms. The molecule has 1 fully saturated rings. The Hall–Kier alpha value is -1.02. The number of rotatable bonds is 6. The minimum Gasteiger partial charge on any atom is -0.481 e. The molecule has 0 radical (unpaired) electrons. The lowest BCUT2D eigenvalue weighted by Crippen LogP contribution is -2.45. The number of likely N-dealkylation sites (tertiary alicyclic amines) is 1. The number of ether oxygens (including phenoxy) is 1. The Labute approximate surface area is 136 Å². The Balaban J connectivity index is 1.95. The second-order valence-electron chi connectivity index (χ2n) is 5.36. The number of hydrogen-bond donors (Lipinski definition) is 1. The summed E-state index contributed by atoms with van der Waals surface area (Å²) in [6.07, 6.45) is 7.78. The van der Waals surface area contributed by atoms with Crippen molar-refractivity contribution in [3.05, 3.63) is 28.2 Å². The number of benzene rings is 1. The molecule has 0 saturated carbocycles. The summed E-state index contributed by atoms with van der Waals surface area (Å²) in [5, 5.41) is 3.65. The van der Waals surface area contributed by atoms with Gasteiger partial charge in [0.15, 0.2) is 0 Å². The van der Waals surface area contributed by atoms with E-state index in [1.807, 2.05) is 12.1 Å². The number of nitrogens with one attached hydrogen (secondary N) is 1. The summed E-state index contributed by atoms with van der Waals surface area (Å²) in [6.45, 7) is 6.82. The molecule has 0 aromatic heterocycles. The van der Waals surface area contributed by atoms with Gasteiger partial charge in [-0.15, -0.1) is 6.42 Å². The Morgan fingerprint density at radius 2 is 2.38 bits per heavy atom. The fourth-order valence-electron chi connectivity index (χ4n) is 2.71. The first kappa shape index (κ1) is 16.4. The fourth-order valence-corrected chi connectivity index (χ4v) is 3.12. The molecule has 1 aromatic carbocycles. The van der Waals surface area contributed by atoms with E-state index < -0.39 is 0 Å². The zero-order chi connectivity index (χ0) is 15.1. The maximum absolute atomic E-state index is 5.62. The van der Waals surface area contributed by atoms with Gasteiger partial charge in [-0.3, -0.25) is 0 Å². The highest BCUT2D eigenvalue weighted by Gasteiger charge is 2.18. The predicted molar refractivity (Wildman–Crippen MR) is 90.4 cm³/mol. The van der Waals surface area contributed by atoms with E-state index in [1.165, 1.54) is 19.4 Å². The molecule has 4 heteroatoms. The van der Waals surface area contributed by atoms with Crippen LogP contribution in [0.3, 0.4) is 0 Å². The Bertz CT molecular complexity index is 498. The van der Waals surface area contributed by atoms with Crippen molar-refractivity contribution in [2.24, 2.45) is 0 Å². The maximum atomic E-state index is 5.62. The van der Waals surface area contributed by atoms with Crippen molar-refractivity contribution in [2.75, 3.05) is 26.2 Å². The lowest BCUT2D eigenvalue weighted by atomic mass is 10.1. The van der Waals surface area contributed by atoms with Crippen LogP contribution in [0.15, 0.2) is 22.7 Å². The first-order valence-corrected chi connectivity index (χ1v) is 8.32. The third-order valence-electron chi connectivity index (χ3n) is 3.87. The standard InChI is InChI=1S/C17H23BrN2O/c1-3-10-21-17-8-7-15(18)11-14(17)12-19-16-6-5-9-20(4-2)13-16/h1,7-8,11,16,19H,4-6,9-10,12-13H2,2H3. The van der Waals surface area contributed by atoms with Gasteiger partial charge < -0.3 is 15.0 Å². The molecule has 1 unspecified atom stereocenters. The van der Waals surface area contributed by atoms with E-state index in [0.717, 1.165) is 35.4 Å². The molecule has 1 aliphatic rings. The fraction of sp³-hybridized carbons (Fsp3) is 0.529. The van der Waals surface area contributed by atoms with Crippen LogP contribution in [-0.2, 0) is 6.54 Å². The molecule has 1 saturated heterocycles. The molecule has 1 heterocycles. The van der Waals surface area contributed by atoms with Crippen molar-refractivity contribution >= 4 is 15.9 Å². The van der Waals surface area contributed by atoms with Gasteiger partial charge in [-0.05, 0) is 44.1 Å². The second kappa shape index (κ2) is 8.43. The molecule has 1 aromatic rings. The SMILES string of the molecule is C#CCOc1ccc(Br)cc1CNC1CCCN(CC)C1. The van der Waals surface area contributed by atoms with Gasteiger partial charge in [-0.25, -0.2) is 0 Å². The Morgan fingerprint density at radius 1 is 1.52 bits per heavy atom. The van der Waals surface area contributed by atoms with Gasteiger partial charge >= 0.3 is 0 Å². The van der Waals surface area contributed by atoms with E-state index in [9.17, 15) is 0 Å². The number of piperidine rings is 1. The number of halogens is 1. The van der Waals surface area contributed by atoms with Crippen molar-refractivity contribution in [3.63, 3.8) is 0 Å². The molecular weight excluding hydrogens is 328 g/mol. The molecule has 0 bridgehead atoms. The average Bonchev–Trinajstić information content (AvgIpc) is 2.52. The normalized spacial score (nSPS) is 19.2. The summed E-state index contributed by atoms with van der Waals surface area (Å²) in [5.74, 6) is 3.38. The first-order valence-electron chi connectivity index (χ1n) is 7.53. The van der Waals surface area contributed by atoms with Gasteiger partial charge in [0.25, 0.3) is 0 Å². The molecule has 1 atom stereocenters. The molecule has 0 spiro atoms. The van der Waals surface area contributed by atoms with Gasteiger partial charge in [0.05, 0.1) is 0 Å². The predicted octanol–water partition coefficient (Wildman–Crippen LogP) is 3.04. The van der Waals surface area contributed by atoms with Gasteiger partial charge in [0.1, 0.15) is 12.4 Å². The van der Waals surface area contributed by atoms with Crippen molar-refractivity contribution in [1.82, 2.24) is 10.2 Å². The van der Waals surface area contributed by atoms with Gasteiger partial charge in [-0.2, -0.15) is 0 Å². The van der Waals surface area contributed by atoms with Crippen molar-refractivity contribution < 1.29 is 4.74 Å². The van der Waals surface area contributed by atoms with E-state index in [-0.39, 0.29) is 0 Å². The van der Waals surface area contributed by atoms with Crippen LogP contribution in [0, 0.1) is 12.3 Å². The van der Waals surface area contributed by atoms with Crippen LogP contribution in [0.5, 0.6) is 5.75 Å². The van der Waals surface area contributed by atoms with Crippen LogP contribution >= 0.6 is 15.9 Å². The van der Waals surface area contributed by atoms with Gasteiger partial charge in [-0.1, -0.05) is 28.8 Å².